The minimum atomic E-state index is -0.211. The van der Waals surface area contributed by atoms with Crippen molar-refractivity contribution < 1.29 is 9.13 Å². The first kappa shape index (κ1) is 15.1. The van der Waals surface area contributed by atoms with Gasteiger partial charge in [-0.1, -0.05) is 32.9 Å². The summed E-state index contributed by atoms with van der Waals surface area (Å²) >= 11 is 0. The zero-order valence-corrected chi connectivity index (χ0v) is 12.0. The van der Waals surface area contributed by atoms with E-state index in [9.17, 15) is 4.39 Å². The van der Waals surface area contributed by atoms with Gasteiger partial charge in [-0.15, -0.1) is 0 Å². The predicted molar refractivity (Wildman–Crippen MR) is 73.1 cm³/mol. The van der Waals surface area contributed by atoms with E-state index in [0.29, 0.717) is 6.61 Å². The Morgan fingerprint density at radius 3 is 2.44 bits per heavy atom. The molecule has 0 saturated carbocycles. The van der Waals surface area contributed by atoms with Crippen LogP contribution in [0.2, 0.25) is 0 Å². The Kier molecular flexibility index (Phi) is 5.29. The summed E-state index contributed by atoms with van der Waals surface area (Å²) in [5.41, 5.74) is 0.904. The van der Waals surface area contributed by atoms with Gasteiger partial charge in [-0.3, -0.25) is 0 Å². The molecule has 2 unspecified atom stereocenters. The minimum Gasteiger partial charge on any atom is -0.376 e. The molecule has 0 aliphatic rings. The van der Waals surface area contributed by atoms with E-state index in [-0.39, 0.29) is 23.4 Å². The Hall–Kier alpha value is -0.930. The summed E-state index contributed by atoms with van der Waals surface area (Å²) in [7, 11) is 1.88. The molecule has 0 aliphatic carbocycles. The van der Waals surface area contributed by atoms with E-state index in [2.05, 4.69) is 26.1 Å². The third-order valence-corrected chi connectivity index (χ3v) is 3.02. The number of ether oxygens (including phenoxy) is 1. The van der Waals surface area contributed by atoms with Crippen molar-refractivity contribution in [2.75, 3.05) is 13.7 Å². The average Bonchev–Trinajstić information content (AvgIpc) is 2.28. The average molecular weight is 253 g/mol. The van der Waals surface area contributed by atoms with Gasteiger partial charge in [-0.2, -0.15) is 0 Å². The van der Waals surface area contributed by atoms with Gasteiger partial charge in [-0.05, 0) is 37.1 Å². The maximum atomic E-state index is 13.3. The number of nitrogens with one attached hydrogen (secondary N) is 1. The van der Waals surface area contributed by atoms with Gasteiger partial charge in [0.05, 0.1) is 12.1 Å². The summed E-state index contributed by atoms with van der Waals surface area (Å²) in [6.07, 6.45) is -0.00528. The first-order chi connectivity index (χ1) is 8.40. The van der Waals surface area contributed by atoms with Gasteiger partial charge in [-0.25, -0.2) is 4.39 Å². The highest BCUT2D eigenvalue weighted by molar-refractivity contribution is 5.22. The third kappa shape index (κ3) is 3.79. The number of halogens is 1. The molecule has 0 spiro atoms. The summed E-state index contributed by atoms with van der Waals surface area (Å²) in [5.74, 6) is -0.211. The van der Waals surface area contributed by atoms with Crippen LogP contribution in [0.25, 0.3) is 0 Å². The highest BCUT2D eigenvalue weighted by atomic mass is 19.1. The summed E-state index contributed by atoms with van der Waals surface area (Å²) in [4.78, 5) is 0. The second-order valence-electron chi connectivity index (χ2n) is 5.56. The van der Waals surface area contributed by atoms with Crippen molar-refractivity contribution in [3.8, 4) is 0 Å². The summed E-state index contributed by atoms with van der Waals surface area (Å²) < 4.78 is 19.2. The fourth-order valence-electron chi connectivity index (χ4n) is 2.22. The molecule has 3 heteroatoms. The second kappa shape index (κ2) is 6.30. The number of likely N-dealkylation sites (N-methyl/N-ethyl adjacent to an activating group) is 1. The molecule has 102 valence electrons. The van der Waals surface area contributed by atoms with Crippen LogP contribution in [0.4, 0.5) is 4.39 Å². The molecule has 1 N–H and O–H groups in total. The van der Waals surface area contributed by atoms with E-state index in [1.807, 2.05) is 20.0 Å². The second-order valence-corrected chi connectivity index (χ2v) is 5.56. The van der Waals surface area contributed by atoms with Crippen molar-refractivity contribution in [1.29, 1.82) is 0 Å². The number of hydrogen-bond donors (Lipinski definition) is 1. The van der Waals surface area contributed by atoms with Gasteiger partial charge in [0.1, 0.15) is 5.82 Å². The number of benzene rings is 1. The highest BCUT2D eigenvalue weighted by Gasteiger charge is 2.33. The molecular weight excluding hydrogens is 229 g/mol. The zero-order chi connectivity index (χ0) is 13.8. The molecule has 18 heavy (non-hydrogen) atoms. The lowest BCUT2D eigenvalue weighted by Crippen LogP contribution is -2.41. The van der Waals surface area contributed by atoms with Crippen molar-refractivity contribution >= 4 is 0 Å². The Bertz CT molecular complexity index is 373. The van der Waals surface area contributed by atoms with Gasteiger partial charge in [0.2, 0.25) is 0 Å². The van der Waals surface area contributed by atoms with Crippen molar-refractivity contribution in [3.63, 3.8) is 0 Å². The van der Waals surface area contributed by atoms with Crippen LogP contribution in [-0.4, -0.2) is 19.8 Å². The van der Waals surface area contributed by atoms with Crippen LogP contribution < -0.4 is 5.32 Å². The van der Waals surface area contributed by atoms with E-state index in [1.54, 1.807) is 12.1 Å². The lowest BCUT2D eigenvalue weighted by molar-refractivity contribution is -0.0351. The van der Waals surface area contributed by atoms with Crippen molar-refractivity contribution in [2.45, 2.75) is 39.8 Å². The fraction of sp³-hybridized carbons (Fsp3) is 0.600. The fourth-order valence-corrected chi connectivity index (χ4v) is 2.22. The van der Waals surface area contributed by atoms with Crippen LogP contribution in [0.5, 0.6) is 0 Å². The highest BCUT2D eigenvalue weighted by Crippen LogP contribution is 2.32. The molecular formula is C15H24FNO. The lowest BCUT2D eigenvalue weighted by atomic mass is 9.82. The molecule has 0 aromatic heterocycles. The van der Waals surface area contributed by atoms with Gasteiger partial charge < -0.3 is 10.1 Å². The molecule has 0 amide bonds. The molecule has 0 saturated heterocycles. The molecule has 1 aromatic carbocycles. The van der Waals surface area contributed by atoms with Crippen LogP contribution in [0.3, 0.4) is 0 Å². The maximum Gasteiger partial charge on any atom is 0.123 e. The first-order valence-corrected chi connectivity index (χ1v) is 6.44. The van der Waals surface area contributed by atoms with Crippen molar-refractivity contribution in [1.82, 2.24) is 5.32 Å². The Labute approximate surface area is 110 Å². The summed E-state index contributed by atoms with van der Waals surface area (Å²) in [6.45, 7) is 9.04. The number of rotatable bonds is 5. The van der Waals surface area contributed by atoms with Crippen LogP contribution in [0, 0.1) is 11.2 Å². The van der Waals surface area contributed by atoms with Crippen LogP contribution in [0.15, 0.2) is 24.3 Å². The van der Waals surface area contributed by atoms with Crippen LogP contribution in [-0.2, 0) is 4.74 Å². The summed E-state index contributed by atoms with van der Waals surface area (Å²) in [5, 5.41) is 3.25. The van der Waals surface area contributed by atoms with Gasteiger partial charge in [0.15, 0.2) is 0 Å². The molecule has 0 bridgehead atoms. The SMILES string of the molecule is CCOC(C(NC)c1cccc(F)c1)C(C)(C)C. The van der Waals surface area contributed by atoms with Crippen LogP contribution >= 0.6 is 0 Å². The Balaban J connectivity index is 3.06. The van der Waals surface area contributed by atoms with E-state index in [0.717, 1.165) is 5.56 Å². The topological polar surface area (TPSA) is 21.3 Å². The molecule has 2 nitrogen and oxygen atoms in total. The lowest BCUT2D eigenvalue weighted by Gasteiger charge is -2.37. The maximum absolute atomic E-state index is 13.3. The first-order valence-electron chi connectivity index (χ1n) is 6.44. The predicted octanol–water partition coefficient (Wildman–Crippen LogP) is 3.54. The molecule has 1 aromatic rings. The van der Waals surface area contributed by atoms with E-state index in [4.69, 9.17) is 4.74 Å². The molecule has 0 heterocycles. The number of hydrogen-bond acceptors (Lipinski definition) is 2. The van der Waals surface area contributed by atoms with Crippen LogP contribution in [0.1, 0.15) is 39.3 Å². The Morgan fingerprint density at radius 1 is 1.33 bits per heavy atom. The standard InChI is InChI=1S/C15H24FNO/c1-6-18-14(15(2,3)4)13(17-5)11-8-7-9-12(16)10-11/h7-10,13-14,17H,6H2,1-5H3. The van der Waals surface area contributed by atoms with Crippen molar-refractivity contribution in [2.24, 2.45) is 5.41 Å². The molecule has 0 fully saturated rings. The van der Waals surface area contributed by atoms with Gasteiger partial charge >= 0.3 is 0 Å². The molecule has 0 radical (unpaired) electrons. The van der Waals surface area contributed by atoms with Gasteiger partial charge in [0.25, 0.3) is 0 Å². The van der Waals surface area contributed by atoms with E-state index in [1.165, 1.54) is 6.07 Å². The summed E-state index contributed by atoms with van der Waals surface area (Å²) in [6, 6.07) is 6.69. The normalized spacial score (nSPS) is 15.4. The van der Waals surface area contributed by atoms with Gasteiger partial charge in [0, 0.05) is 6.61 Å². The smallest absolute Gasteiger partial charge is 0.123 e. The van der Waals surface area contributed by atoms with E-state index < -0.39 is 0 Å². The monoisotopic (exact) mass is 253 g/mol. The molecule has 2 atom stereocenters. The van der Waals surface area contributed by atoms with E-state index >= 15 is 0 Å². The largest absolute Gasteiger partial charge is 0.376 e. The zero-order valence-electron chi connectivity index (χ0n) is 12.0. The minimum absolute atomic E-state index is 0.00528. The Morgan fingerprint density at radius 2 is 2.00 bits per heavy atom. The molecule has 1 rings (SSSR count). The van der Waals surface area contributed by atoms with Crippen molar-refractivity contribution in [3.05, 3.63) is 35.6 Å². The quantitative estimate of drug-likeness (QED) is 0.866. The third-order valence-electron chi connectivity index (χ3n) is 3.02. The molecule has 0 aliphatic heterocycles.